The van der Waals surface area contributed by atoms with Crippen molar-refractivity contribution in [3.8, 4) is 6.01 Å². The standard InChI is InChI=1S/C30H40N6O4/c1-19-27(20(2)33-30(32-19)40-18-26(31)37)29(39)36-16-23-14-35(15-24(23)17-36)13-12-25(21-8-4-3-5-9-21)34-28(38)22-10-6-7-11-22/h3-5,8-9,22-25H,6-7,10-18H2,1-2H3,(H2,31,37)(H,34,38)/t23-,24?,25?/m0/s1. The summed E-state index contributed by atoms with van der Waals surface area (Å²) in [5.74, 6) is 0.523. The van der Waals surface area contributed by atoms with E-state index >= 15 is 0 Å². The van der Waals surface area contributed by atoms with Crippen LogP contribution in [0.3, 0.4) is 0 Å². The van der Waals surface area contributed by atoms with E-state index < -0.39 is 5.91 Å². The molecule has 3 N–H and O–H groups in total. The first-order chi connectivity index (χ1) is 19.3. The number of amides is 3. The lowest BCUT2D eigenvalue weighted by Gasteiger charge is -2.26. The van der Waals surface area contributed by atoms with E-state index in [-0.39, 0.29) is 36.4 Å². The topological polar surface area (TPSA) is 131 Å². The van der Waals surface area contributed by atoms with Gasteiger partial charge in [0.05, 0.1) is 23.0 Å². The molecule has 3 atom stereocenters. The van der Waals surface area contributed by atoms with Crippen molar-refractivity contribution >= 4 is 17.7 Å². The zero-order valence-electron chi connectivity index (χ0n) is 23.5. The van der Waals surface area contributed by atoms with Gasteiger partial charge in [0.2, 0.25) is 5.91 Å². The van der Waals surface area contributed by atoms with Crippen molar-refractivity contribution in [2.75, 3.05) is 39.3 Å². The molecule has 1 aliphatic carbocycles. The summed E-state index contributed by atoms with van der Waals surface area (Å²) in [7, 11) is 0. The second kappa shape index (κ2) is 12.3. The van der Waals surface area contributed by atoms with Crippen molar-refractivity contribution in [1.82, 2.24) is 25.1 Å². The highest BCUT2D eigenvalue weighted by atomic mass is 16.5. The lowest BCUT2D eigenvalue weighted by molar-refractivity contribution is -0.125. The zero-order valence-corrected chi connectivity index (χ0v) is 23.5. The Labute approximate surface area is 235 Å². The minimum absolute atomic E-state index is 0.00805. The molecule has 1 aromatic heterocycles. The van der Waals surface area contributed by atoms with Crippen LogP contribution in [0.15, 0.2) is 30.3 Å². The number of carbonyl (C=O) groups is 3. The van der Waals surface area contributed by atoms with Crippen molar-refractivity contribution < 1.29 is 19.1 Å². The Morgan fingerprint density at radius 2 is 1.62 bits per heavy atom. The summed E-state index contributed by atoms with van der Waals surface area (Å²) in [6, 6.07) is 10.3. The van der Waals surface area contributed by atoms with Crippen LogP contribution in [0.25, 0.3) is 0 Å². The third-order valence-electron chi connectivity index (χ3n) is 8.64. The molecule has 1 aromatic carbocycles. The van der Waals surface area contributed by atoms with Crippen molar-refractivity contribution in [3.63, 3.8) is 0 Å². The Hall–Kier alpha value is -3.53. The van der Waals surface area contributed by atoms with Gasteiger partial charge in [-0.25, -0.2) is 0 Å². The second-order valence-corrected chi connectivity index (χ2v) is 11.5. The number of nitrogens with one attached hydrogen (secondary N) is 1. The summed E-state index contributed by atoms with van der Waals surface area (Å²) >= 11 is 0. The number of aromatic nitrogens is 2. The molecular formula is C30H40N6O4. The third kappa shape index (κ3) is 6.43. The van der Waals surface area contributed by atoms with E-state index in [1.165, 1.54) is 0 Å². The summed E-state index contributed by atoms with van der Waals surface area (Å²) < 4.78 is 5.23. The summed E-state index contributed by atoms with van der Waals surface area (Å²) in [5, 5.41) is 3.36. The molecule has 0 bridgehead atoms. The highest BCUT2D eigenvalue weighted by molar-refractivity contribution is 5.96. The number of hydrogen-bond acceptors (Lipinski definition) is 7. The lowest BCUT2D eigenvalue weighted by Crippen LogP contribution is -2.37. The van der Waals surface area contributed by atoms with Crippen LogP contribution in [0.4, 0.5) is 0 Å². The molecular weight excluding hydrogens is 508 g/mol. The number of nitrogens with two attached hydrogens (primary N) is 1. The monoisotopic (exact) mass is 548 g/mol. The van der Waals surface area contributed by atoms with Crippen LogP contribution >= 0.6 is 0 Å². The van der Waals surface area contributed by atoms with Crippen LogP contribution in [0.2, 0.25) is 0 Å². The summed E-state index contributed by atoms with van der Waals surface area (Å²) in [6.45, 7) is 7.42. The molecule has 3 heterocycles. The zero-order chi connectivity index (χ0) is 28.2. The lowest BCUT2D eigenvalue weighted by atomic mass is 10.0. The van der Waals surface area contributed by atoms with Gasteiger partial charge in [0.25, 0.3) is 11.8 Å². The molecule has 10 heteroatoms. The van der Waals surface area contributed by atoms with E-state index in [0.717, 1.165) is 57.3 Å². The Balaban J connectivity index is 1.16. The van der Waals surface area contributed by atoms with Gasteiger partial charge < -0.3 is 25.6 Å². The van der Waals surface area contributed by atoms with E-state index in [1.54, 1.807) is 13.8 Å². The number of likely N-dealkylation sites (tertiary alicyclic amines) is 2. The fraction of sp³-hybridized carbons (Fsp3) is 0.567. The first kappa shape index (κ1) is 28.0. The van der Waals surface area contributed by atoms with Gasteiger partial charge in [0.1, 0.15) is 0 Å². The third-order valence-corrected chi connectivity index (χ3v) is 8.64. The SMILES string of the molecule is Cc1nc(OCC(N)=O)nc(C)c1C(=O)N1CC2CN(CCC(NC(=O)C3CCCC3)c3ccccc3)C[C@H]2C1. The number of fused-ring (bicyclic) bond motifs is 1. The van der Waals surface area contributed by atoms with Gasteiger partial charge in [0, 0.05) is 38.6 Å². The van der Waals surface area contributed by atoms with Crippen molar-refractivity contribution in [2.24, 2.45) is 23.5 Å². The van der Waals surface area contributed by atoms with E-state index in [0.29, 0.717) is 41.9 Å². The smallest absolute Gasteiger partial charge is 0.317 e. The van der Waals surface area contributed by atoms with Gasteiger partial charge in [-0.1, -0.05) is 43.2 Å². The number of ether oxygens (including phenoxy) is 1. The predicted octanol–water partition coefficient (Wildman–Crippen LogP) is 2.40. The number of hydrogen-bond donors (Lipinski definition) is 2. The fourth-order valence-corrected chi connectivity index (χ4v) is 6.59. The highest BCUT2D eigenvalue weighted by Gasteiger charge is 2.42. The first-order valence-corrected chi connectivity index (χ1v) is 14.4. The Morgan fingerprint density at radius 3 is 2.23 bits per heavy atom. The molecule has 0 radical (unpaired) electrons. The Kier molecular flexibility index (Phi) is 8.63. The first-order valence-electron chi connectivity index (χ1n) is 14.4. The number of nitrogens with zero attached hydrogens (tertiary/aromatic N) is 4. The molecule has 3 amide bonds. The molecule has 214 valence electrons. The molecule has 5 rings (SSSR count). The molecule has 40 heavy (non-hydrogen) atoms. The number of rotatable bonds is 10. The molecule has 1 saturated carbocycles. The van der Waals surface area contributed by atoms with Gasteiger partial charge >= 0.3 is 6.01 Å². The van der Waals surface area contributed by atoms with E-state index in [4.69, 9.17) is 10.5 Å². The van der Waals surface area contributed by atoms with Crippen LogP contribution < -0.4 is 15.8 Å². The molecule has 0 spiro atoms. The van der Waals surface area contributed by atoms with Crippen LogP contribution in [-0.2, 0) is 9.59 Å². The number of aryl methyl sites for hydroxylation is 2. The largest absolute Gasteiger partial charge is 0.453 e. The average Bonchev–Trinajstić information content (AvgIpc) is 3.67. The van der Waals surface area contributed by atoms with Crippen molar-refractivity contribution in [2.45, 2.75) is 52.0 Å². The van der Waals surface area contributed by atoms with Crippen molar-refractivity contribution in [1.29, 1.82) is 0 Å². The number of primary amides is 1. The minimum atomic E-state index is -0.610. The fourth-order valence-electron chi connectivity index (χ4n) is 6.59. The maximum atomic E-state index is 13.4. The van der Waals surface area contributed by atoms with Crippen molar-refractivity contribution in [3.05, 3.63) is 52.8 Å². The van der Waals surface area contributed by atoms with E-state index in [2.05, 4.69) is 32.3 Å². The molecule has 2 aromatic rings. The van der Waals surface area contributed by atoms with Crippen LogP contribution in [0.1, 0.15) is 65.5 Å². The molecule has 10 nitrogen and oxygen atoms in total. The Bertz CT molecular complexity index is 1190. The Morgan fingerprint density at radius 1 is 1.00 bits per heavy atom. The molecule has 2 unspecified atom stereocenters. The summed E-state index contributed by atoms with van der Waals surface area (Å²) in [5.41, 5.74) is 7.84. The van der Waals surface area contributed by atoms with Crippen LogP contribution in [-0.4, -0.2) is 76.8 Å². The average molecular weight is 549 g/mol. The predicted molar refractivity (Wildman–Crippen MR) is 149 cm³/mol. The molecule has 3 aliphatic rings. The summed E-state index contributed by atoms with van der Waals surface area (Å²) in [4.78, 5) is 50.3. The summed E-state index contributed by atoms with van der Waals surface area (Å²) in [6.07, 6.45) is 5.15. The highest BCUT2D eigenvalue weighted by Crippen LogP contribution is 2.33. The van der Waals surface area contributed by atoms with Gasteiger partial charge in [0.15, 0.2) is 6.61 Å². The minimum Gasteiger partial charge on any atom is -0.453 e. The van der Waals surface area contributed by atoms with E-state index in [9.17, 15) is 14.4 Å². The molecule has 2 saturated heterocycles. The van der Waals surface area contributed by atoms with Gasteiger partial charge in [-0.05, 0) is 50.5 Å². The maximum absolute atomic E-state index is 13.4. The normalized spacial score (nSPS) is 21.8. The van der Waals surface area contributed by atoms with Gasteiger partial charge in [-0.3, -0.25) is 14.4 Å². The number of benzene rings is 1. The maximum Gasteiger partial charge on any atom is 0.317 e. The quantitative estimate of drug-likeness (QED) is 0.466. The second-order valence-electron chi connectivity index (χ2n) is 11.5. The molecule has 3 fully saturated rings. The van der Waals surface area contributed by atoms with Crippen LogP contribution in [0, 0.1) is 31.6 Å². The van der Waals surface area contributed by atoms with Gasteiger partial charge in [-0.2, -0.15) is 9.97 Å². The number of carbonyl (C=O) groups excluding carboxylic acids is 3. The van der Waals surface area contributed by atoms with Gasteiger partial charge in [-0.15, -0.1) is 0 Å². The van der Waals surface area contributed by atoms with Crippen LogP contribution in [0.5, 0.6) is 6.01 Å². The van der Waals surface area contributed by atoms with E-state index in [1.807, 2.05) is 23.1 Å². The molecule has 2 aliphatic heterocycles.